The summed E-state index contributed by atoms with van der Waals surface area (Å²) in [5.41, 5.74) is 0. The van der Waals surface area contributed by atoms with Crippen LogP contribution in [0.15, 0.2) is 4.99 Å². The SMILES string of the molecule is CN=C(NC1CC1)N1CCN(S(=O)(=O)CCOC(C)C)CC1.I. The third-order valence-electron chi connectivity index (χ3n) is 3.85. The number of halogens is 1. The van der Waals surface area contributed by atoms with E-state index in [0.29, 0.717) is 32.2 Å². The van der Waals surface area contributed by atoms with Crippen LogP contribution in [0.25, 0.3) is 0 Å². The van der Waals surface area contributed by atoms with E-state index in [0.717, 1.165) is 5.96 Å². The summed E-state index contributed by atoms with van der Waals surface area (Å²) in [6, 6.07) is 0.550. The minimum absolute atomic E-state index is 0. The van der Waals surface area contributed by atoms with Crippen molar-refractivity contribution in [1.82, 2.24) is 14.5 Å². The Hall–Kier alpha value is -0.130. The molecule has 1 aliphatic carbocycles. The van der Waals surface area contributed by atoms with Gasteiger partial charge in [0.15, 0.2) is 5.96 Å². The molecule has 23 heavy (non-hydrogen) atoms. The lowest BCUT2D eigenvalue weighted by Crippen LogP contribution is -2.54. The molecule has 1 saturated heterocycles. The van der Waals surface area contributed by atoms with Crippen LogP contribution in [-0.4, -0.2) is 81.3 Å². The molecule has 1 aliphatic heterocycles. The van der Waals surface area contributed by atoms with Crippen LogP contribution in [0.4, 0.5) is 0 Å². The van der Waals surface area contributed by atoms with Crippen molar-refractivity contribution in [1.29, 1.82) is 0 Å². The molecular weight excluding hydrogens is 431 g/mol. The molecule has 0 unspecified atom stereocenters. The highest BCUT2D eigenvalue weighted by Crippen LogP contribution is 2.19. The van der Waals surface area contributed by atoms with Gasteiger partial charge in [0.05, 0.1) is 18.5 Å². The van der Waals surface area contributed by atoms with Crippen LogP contribution >= 0.6 is 24.0 Å². The van der Waals surface area contributed by atoms with E-state index in [-0.39, 0.29) is 42.4 Å². The molecule has 0 amide bonds. The van der Waals surface area contributed by atoms with E-state index in [2.05, 4.69) is 15.2 Å². The standard InChI is InChI=1S/C14H28N4O3S.HI/c1-12(2)21-10-11-22(19,20)18-8-6-17(7-9-18)14(15-3)16-13-4-5-13;/h12-13H,4-11H2,1-3H3,(H,15,16);1H. The summed E-state index contributed by atoms with van der Waals surface area (Å²) in [5, 5.41) is 3.40. The number of sulfonamides is 1. The van der Waals surface area contributed by atoms with Gasteiger partial charge < -0.3 is 15.0 Å². The molecule has 136 valence electrons. The molecule has 0 bridgehead atoms. The highest BCUT2D eigenvalue weighted by Gasteiger charge is 2.30. The first-order chi connectivity index (χ1) is 10.4. The van der Waals surface area contributed by atoms with Gasteiger partial charge in [0, 0.05) is 39.3 Å². The maximum atomic E-state index is 12.3. The number of nitrogens with zero attached hydrogens (tertiary/aromatic N) is 3. The van der Waals surface area contributed by atoms with Crippen LogP contribution in [0.3, 0.4) is 0 Å². The molecule has 2 fully saturated rings. The van der Waals surface area contributed by atoms with Crippen LogP contribution in [0.2, 0.25) is 0 Å². The topological polar surface area (TPSA) is 74.2 Å². The van der Waals surface area contributed by atoms with Crippen molar-refractivity contribution in [3.05, 3.63) is 0 Å². The number of nitrogens with one attached hydrogen (secondary N) is 1. The lowest BCUT2D eigenvalue weighted by Gasteiger charge is -2.35. The highest BCUT2D eigenvalue weighted by atomic mass is 127. The molecule has 2 aliphatic rings. The maximum Gasteiger partial charge on any atom is 0.216 e. The fraction of sp³-hybridized carbons (Fsp3) is 0.929. The number of rotatable bonds is 6. The average Bonchev–Trinajstić information content (AvgIpc) is 3.28. The quantitative estimate of drug-likeness (QED) is 0.359. The van der Waals surface area contributed by atoms with Crippen LogP contribution in [0, 0.1) is 0 Å². The van der Waals surface area contributed by atoms with Crippen LogP contribution < -0.4 is 5.32 Å². The van der Waals surface area contributed by atoms with Gasteiger partial charge in [-0.25, -0.2) is 8.42 Å². The van der Waals surface area contributed by atoms with Gasteiger partial charge in [0.2, 0.25) is 10.0 Å². The van der Waals surface area contributed by atoms with Crippen molar-refractivity contribution in [2.24, 2.45) is 4.99 Å². The predicted octanol–water partition coefficient (Wildman–Crippen LogP) is 0.715. The Bertz CT molecular complexity index is 486. The Balaban J connectivity index is 0.00000264. The van der Waals surface area contributed by atoms with Gasteiger partial charge >= 0.3 is 0 Å². The normalized spacial score (nSPS) is 20.5. The maximum absolute atomic E-state index is 12.3. The minimum atomic E-state index is -3.22. The molecule has 1 saturated carbocycles. The summed E-state index contributed by atoms with van der Waals surface area (Å²) >= 11 is 0. The second kappa shape index (κ2) is 9.38. The van der Waals surface area contributed by atoms with E-state index in [4.69, 9.17) is 4.74 Å². The zero-order chi connectivity index (χ0) is 16.2. The zero-order valence-corrected chi connectivity index (χ0v) is 17.3. The third-order valence-corrected chi connectivity index (χ3v) is 5.68. The van der Waals surface area contributed by atoms with E-state index in [1.165, 1.54) is 12.8 Å². The van der Waals surface area contributed by atoms with Gasteiger partial charge in [0.1, 0.15) is 0 Å². The second-order valence-electron chi connectivity index (χ2n) is 6.09. The van der Waals surface area contributed by atoms with E-state index in [9.17, 15) is 8.42 Å². The van der Waals surface area contributed by atoms with Crippen LogP contribution in [0.1, 0.15) is 26.7 Å². The Morgan fingerprint density at radius 2 is 1.87 bits per heavy atom. The van der Waals surface area contributed by atoms with Gasteiger partial charge in [-0.3, -0.25) is 4.99 Å². The molecule has 1 heterocycles. The Morgan fingerprint density at radius 3 is 2.35 bits per heavy atom. The first-order valence-corrected chi connectivity index (χ1v) is 9.61. The fourth-order valence-electron chi connectivity index (χ4n) is 2.40. The summed E-state index contributed by atoms with van der Waals surface area (Å²) in [6.07, 6.45) is 2.45. The molecule has 0 aromatic heterocycles. The number of piperazine rings is 1. The molecule has 7 nitrogen and oxygen atoms in total. The van der Waals surface area contributed by atoms with Crippen LogP contribution in [-0.2, 0) is 14.8 Å². The van der Waals surface area contributed by atoms with Crippen molar-refractivity contribution in [3.63, 3.8) is 0 Å². The summed E-state index contributed by atoms with van der Waals surface area (Å²) in [7, 11) is -1.45. The summed E-state index contributed by atoms with van der Waals surface area (Å²) in [5.74, 6) is 0.947. The molecule has 1 N–H and O–H groups in total. The van der Waals surface area contributed by atoms with Gasteiger partial charge in [-0.05, 0) is 26.7 Å². The van der Waals surface area contributed by atoms with Crippen LogP contribution in [0.5, 0.6) is 0 Å². The third kappa shape index (κ3) is 6.71. The summed E-state index contributed by atoms with van der Waals surface area (Å²) in [4.78, 5) is 6.43. The average molecular weight is 460 g/mol. The largest absolute Gasteiger partial charge is 0.378 e. The number of guanidine groups is 1. The van der Waals surface area contributed by atoms with E-state index >= 15 is 0 Å². The lowest BCUT2D eigenvalue weighted by molar-refractivity contribution is 0.0904. The first-order valence-electron chi connectivity index (χ1n) is 8.00. The smallest absolute Gasteiger partial charge is 0.216 e. The highest BCUT2D eigenvalue weighted by molar-refractivity contribution is 14.0. The molecule has 0 aromatic rings. The second-order valence-corrected chi connectivity index (χ2v) is 8.18. The van der Waals surface area contributed by atoms with Gasteiger partial charge in [-0.1, -0.05) is 0 Å². The minimum Gasteiger partial charge on any atom is -0.378 e. The lowest BCUT2D eigenvalue weighted by atomic mass is 10.4. The van der Waals surface area contributed by atoms with Crippen molar-refractivity contribution in [3.8, 4) is 0 Å². The number of hydrogen-bond acceptors (Lipinski definition) is 4. The molecule has 9 heteroatoms. The predicted molar refractivity (Wildman–Crippen MR) is 103 cm³/mol. The van der Waals surface area contributed by atoms with Crippen molar-refractivity contribution >= 4 is 40.0 Å². The number of hydrogen-bond donors (Lipinski definition) is 1. The molecule has 0 radical (unpaired) electrons. The number of ether oxygens (including phenoxy) is 1. The van der Waals surface area contributed by atoms with Gasteiger partial charge in [0.25, 0.3) is 0 Å². The molecule has 0 spiro atoms. The zero-order valence-electron chi connectivity index (χ0n) is 14.2. The van der Waals surface area contributed by atoms with Gasteiger partial charge in [-0.2, -0.15) is 4.31 Å². The first kappa shape index (κ1) is 20.9. The van der Waals surface area contributed by atoms with Crippen molar-refractivity contribution in [2.45, 2.75) is 38.8 Å². The van der Waals surface area contributed by atoms with Gasteiger partial charge in [-0.15, -0.1) is 24.0 Å². The fourth-order valence-corrected chi connectivity index (χ4v) is 3.69. The molecule has 2 rings (SSSR count). The Kier molecular flexibility index (Phi) is 8.53. The summed E-state index contributed by atoms with van der Waals surface area (Å²) in [6.45, 7) is 6.44. The monoisotopic (exact) mass is 460 g/mol. The molecule has 0 aromatic carbocycles. The summed E-state index contributed by atoms with van der Waals surface area (Å²) < 4.78 is 31.5. The van der Waals surface area contributed by atoms with E-state index < -0.39 is 10.0 Å². The van der Waals surface area contributed by atoms with E-state index in [1.54, 1.807) is 11.4 Å². The van der Waals surface area contributed by atoms with Crippen molar-refractivity contribution in [2.75, 3.05) is 45.6 Å². The van der Waals surface area contributed by atoms with Crippen molar-refractivity contribution < 1.29 is 13.2 Å². The Labute approximate surface area is 156 Å². The Morgan fingerprint density at radius 1 is 1.26 bits per heavy atom. The number of aliphatic imine (C=N–C) groups is 1. The van der Waals surface area contributed by atoms with E-state index in [1.807, 2.05) is 13.8 Å². The molecular formula is C14H29IN4O3S. The molecule has 0 atom stereocenters.